The predicted octanol–water partition coefficient (Wildman–Crippen LogP) is 1.89. The Labute approximate surface area is 74.7 Å². The number of rotatable bonds is 1. The van der Waals surface area contributed by atoms with Crippen molar-refractivity contribution in [2.75, 3.05) is 6.54 Å². The van der Waals surface area contributed by atoms with Gasteiger partial charge in [-0.1, -0.05) is 32.1 Å². The van der Waals surface area contributed by atoms with Gasteiger partial charge in [0.1, 0.15) is 6.29 Å². The standard InChI is InChI=1S/C10H19NO/c12-9-10-7-5-3-1-2-4-6-8-11-10/h9-11H,1-8H2. The molecule has 0 aromatic heterocycles. The van der Waals surface area contributed by atoms with Crippen molar-refractivity contribution >= 4 is 6.29 Å². The summed E-state index contributed by atoms with van der Waals surface area (Å²) >= 11 is 0. The van der Waals surface area contributed by atoms with Gasteiger partial charge >= 0.3 is 0 Å². The first-order chi connectivity index (χ1) is 5.93. The molecule has 0 aromatic rings. The Kier molecular flexibility index (Phi) is 5.00. The van der Waals surface area contributed by atoms with E-state index in [2.05, 4.69) is 5.32 Å². The van der Waals surface area contributed by atoms with Crippen molar-refractivity contribution in [2.24, 2.45) is 0 Å². The Hall–Kier alpha value is -0.370. The van der Waals surface area contributed by atoms with E-state index >= 15 is 0 Å². The zero-order valence-corrected chi connectivity index (χ0v) is 7.72. The molecule has 0 radical (unpaired) electrons. The Morgan fingerprint density at radius 3 is 2.42 bits per heavy atom. The number of hydrogen-bond donors (Lipinski definition) is 1. The van der Waals surface area contributed by atoms with Gasteiger partial charge in [-0.25, -0.2) is 0 Å². The number of hydrogen-bond acceptors (Lipinski definition) is 2. The third-order valence-corrected chi connectivity index (χ3v) is 2.51. The minimum absolute atomic E-state index is 0.128. The highest BCUT2D eigenvalue weighted by Gasteiger charge is 2.06. The SMILES string of the molecule is O=CC1CCCCCCCCN1. The number of carbonyl (C=O) groups excluding carboxylic acids is 1. The van der Waals surface area contributed by atoms with Gasteiger partial charge in [0.15, 0.2) is 0 Å². The molecule has 1 fully saturated rings. The first kappa shape index (κ1) is 9.72. The van der Waals surface area contributed by atoms with Crippen molar-refractivity contribution in [3.05, 3.63) is 0 Å². The van der Waals surface area contributed by atoms with Crippen LogP contribution in [0.2, 0.25) is 0 Å². The quantitative estimate of drug-likeness (QED) is 0.607. The van der Waals surface area contributed by atoms with Crippen LogP contribution in [0.3, 0.4) is 0 Å². The van der Waals surface area contributed by atoms with Crippen molar-refractivity contribution in [1.29, 1.82) is 0 Å². The highest BCUT2D eigenvalue weighted by atomic mass is 16.1. The molecule has 1 atom stereocenters. The first-order valence-corrected chi connectivity index (χ1v) is 5.12. The molecule has 1 aliphatic heterocycles. The molecular formula is C10H19NO. The lowest BCUT2D eigenvalue weighted by Gasteiger charge is -2.14. The fraction of sp³-hybridized carbons (Fsp3) is 0.900. The van der Waals surface area contributed by atoms with Gasteiger partial charge in [0.2, 0.25) is 0 Å². The second-order valence-corrected chi connectivity index (χ2v) is 3.61. The van der Waals surface area contributed by atoms with E-state index in [1.807, 2.05) is 0 Å². The van der Waals surface area contributed by atoms with E-state index in [-0.39, 0.29) is 6.04 Å². The van der Waals surface area contributed by atoms with Crippen LogP contribution < -0.4 is 5.32 Å². The summed E-state index contributed by atoms with van der Waals surface area (Å²) in [6.45, 7) is 1.02. The molecule has 0 bridgehead atoms. The number of carbonyl (C=O) groups is 1. The lowest BCUT2D eigenvalue weighted by molar-refractivity contribution is -0.109. The fourth-order valence-corrected chi connectivity index (χ4v) is 1.70. The molecule has 0 aromatic carbocycles. The van der Waals surface area contributed by atoms with E-state index in [4.69, 9.17) is 0 Å². The number of nitrogens with one attached hydrogen (secondary N) is 1. The molecule has 0 spiro atoms. The van der Waals surface area contributed by atoms with Crippen LogP contribution in [0.5, 0.6) is 0 Å². The average Bonchev–Trinajstić information content (AvgIpc) is 2.14. The smallest absolute Gasteiger partial charge is 0.136 e. The molecule has 1 aliphatic rings. The summed E-state index contributed by atoms with van der Waals surface area (Å²) in [5, 5.41) is 3.27. The molecule has 1 N–H and O–H groups in total. The van der Waals surface area contributed by atoms with Crippen LogP contribution in [0.1, 0.15) is 44.9 Å². The minimum Gasteiger partial charge on any atom is -0.308 e. The third-order valence-electron chi connectivity index (χ3n) is 2.51. The second-order valence-electron chi connectivity index (χ2n) is 3.61. The van der Waals surface area contributed by atoms with E-state index in [1.54, 1.807) is 0 Å². The van der Waals surface area contributed by atoms with E-state index in [9.17, 15) is 4.79 Å². The van der Waals surface area contributed by atoms with Crippen LogP contribution in [0.25, 0.3) is 0 Å². The van der Waals surface area contributed by atoms with Gasteiger partial charge in [-0.05, 0) is 19.4 Å². The molecule has 12 heavy (non-hydrogen) atoms. The lowest BCUT2D eigenvalue weighted by atomic mass is 10.0. The Balaban J connectivity index is 2.21. The summed E-state index contributed by atoms with van der Waals surface area (Å²) in [5.74, 6) is 0. The topological polar surface area (TPSA) is 29.1 Å². The van der Waals surface area contributed by atoms with E-state index in [0.29, 0.717) is 0 Å². The van der Waals surface area contributed by atoms with E-state index < -0.39 is 0 Å². The van der Waals surface area contributed by atoms with Gasteiger partial charge in [-0.3, -0.25) is 0 Å². The lowest BCUT2D eigenvalue weighted by Crippen LogP contribution is -2.31. The highest BCUT2D eigenvalue weighted by molar-refractivity contribution is 5.57. The maximum absolute atomic E-state index is 10.6. The molecule has 2 heteroatoms. The van der Waals surface area contributed by atoms with Crippen molar-refractivity contribution < 1.29 is 4.79 Å². The maximum Gasteiger partial charge on any atom is 0.136 e. The average molecular weight is 169 g/mol. The number of aldehydes is 1. The largest absolute Gasteiger partial charge is 0.308 e. The van der Waals surface area contributed by atoms with Crippen LogP contribution in [0.15, 0.2) is 0 Å². The summed E-state index contributed by atoms with van der Waals surface area (Å²) in [5.41, 5.74) is 0. The van der Waals surface area contributed by atoms with Crippen molar-refractivity contribution in [3.63, 3.8) is 0 Å². The van der Waals surface area contributed by atoms with Gasteiger partial charge in [-0.15, -0.1) is 0 Å². The highest BCUT2D eigenvalue weighted by Crippen LogP contribution is 2.10. The molecule has 2 nitrogen and oxygen atoms in total. The Morgan fingerprint density at radius 1 is 1.00 bits per heavy atom. The zero-order chi connectivity index (χ0) is 8.65. The Bertz CT molecular complexity index is 115. The minimum atomic E-state index is 0.128. The fourth-order valence-electron chi connectivity index (χ4n) is 1.70. The summed E-state index contributed by atoms with van der Waals surface area (Å²) in [6, 6.07) is 0.128. The van der Waals surface area contributed by atoms with E-state index in [1.165, 1.54) is 38.5 Å². The van der Waals surface area contributed by atoms with Gasteiger partial charge in [0, 0.05) is 0 Å². The first-order valence-electron chi connectivity index (χ1n) is 5.12. The van der Waals surface area contributed by atoms with Crippen LogP contribution in [0, 0.1) is 0 Å². The normalized spacial score (nSPS) is 27.8. The van der Waals surface area contributed by atoms with Crippen molar-refractivity contribution in [3.8, 4) is 0 Å². The molecule has 70 valence electrons. The van der Waals surface area contributed by atoms with Gasteiger partial charge in [-0.2, -0.15) is 0 Å². The summed E-state index contributed by atoms with van der Waals surface area (Å²) < 4.78 is 0. The third kappa shape index (κ3) is 3.86. The van der Waals surface area contributed by atoms with E-state index in [0.717, 1.165) is 19.3 Å². The van der Waals surface area contributed by atoms with Gasteiger partial charge in [0.25, 0.3) is 0 Å². The second kappa shape index (κ2) is 6.18. The zero-order valence-electron chi connectivity index (χ0n) is 7.72. The molecular weight excluding hydrogens is 150 g/mol. The van der Waals surface area contributed by atoms with Gasteiger partial charge in [0.05, 0.1) is 6.04 Å². The molecule has 1 heterocycles. The molecule has 0 aliphatic carbocycles. The maximum atomic E-state index is 10.6. The molecule has 0 amide bonds. The van der Waals surface area contributed by atoms with Crippen LogP contribution in [-0.4, -0.2) is 18.9 Å². The van der Waals surface area contributed by atoms with Crippen molar-refractivity contribution in [2.45, 2.75) is 51.0 Å². The summed E-state index contributed by atoms with van der Waals surface area (Å²) in [4.78, 5) is 10.6. The van der Waals surface area contributed by atoms with Crippen LogP contribution in [0.4, 0.5) is 0 Å². The molecule has 1 saturated heterocycles. The van der Waals surface area contributed by atoms with Crippen LogP contribution in [-0.2, 0) is 4.79 Å². The summed E-state index contributed by atoms with van der Waals surface area (Å²) in [6.07, 6.45) is 9.86. The molecule has 0 saturated carbocycles. The van der Waals surface area contributed by atoms with Gasteiger partial charge < -0.3 is 10.1 Å². The monoisotopic (exact) mass is 169 g/mol. The molecule has 1 unspecified atom stereocenters. The van der Waals surface area contributed by atoms with Crippen LogP contribution >= 0.6 is 0 Å². The Morgan fingerprint density at radius 2 is 1.67 bits per heavy atom. The predicted molar refractivity (Wildman–Crippen MR) is 50.2 cm³/mol. The van der Waals surface area contributed by atoms with Crippen molar-refractivity contribution in [1.82, 2.24) is 5.32 Å². The molecule has 1 rings (SSSR count). The summed E-state index contributed by atoms with van der Waals surface area (Å²) in [7, 11) is 0.